The molecule has 0 spiro atoms. The zero-order chi connectivity index (χ0) is 18.1. The van der Waals surface area contributed by atoms with Crippen molar-refractivity contribution >= 4 is 32.7 Å². The number of oxazole rings is 1. The minimum absolute atomic E-state index is 0.0999. The van der Waals surface area contributed by atoms with Gasteiger partial charge in [0, 0.05) is 18.8 Å². The van der Waals surface area contributed by atoms with Gasteiger partial charge in [0.05, 0.1) is 13.2 Å². The lowest BCUT2D eigenvalue weighted by Crippen LogP contribution is -2.40. The fourth-order valence-corrected chi connectivity index (χ4v) is 3.94. The Balaban J connectivity index is 1.52. The van der Waals surface area contributed by atoms with Gasteiger partial charge in [0.15, 0.2) is 17.7 Å². The molecule has 1 fully saturated rings. The predicted octanol–water partition coefficient (Wildman–Crippen LogP) is 1.69. The first-order valence-electron chi connectivity index (χ1n) is 7.86. The van der Waals surface area contributed by atoms with Crippen molar-refractivity contribution in [1.82, 2.24) is 9.29 Å². The van der Waals surface area contributed by atoms with Gasteiger partial charge < -0.3 is 18.9 Å². The van der Waals surface area contributed by atoms with Gasteiger partial charge >= 0.3 is 0 Å². The third kappa shape index (κ3) is 3.09. The number of fused-ring (bicyclic) bond motifs is 1. The van der Waals surface area contributed by atoms with Crippen LogP contribution in [0.25, 0.3) is 11.1 Å². The van der Waals surface area contributed by atoms with Crippen molar-refractivity contribution in [1.29, 1.82) is 0 Å². The van der Waals surface area contributed by atoms with Crippen LogP contribution in [-0.2, 0) is 14.8 Å². The number of ether oxygens (including phenoxy) is 1. The number of amides is 1. The molecule has 0 atom stereocenters. The van der Waals surface area contributed by atoms with Gasteiger partial charge in [-0.1, -0.05) is 0 Å². The van der Waals surface area contributed by atoms with Gasteiger partial charge in [0.1, 0.15) is 5.52 Å². The van der Waals surface area contributed by atoms with E-state index >= 15 is 0 Å². The monoisotopic (exact) mass is 377 g/mol. The molecule has 1 amide bonds. The summed E-state index contributed by atoms with van der Waals surface area (Å²) in [5.74, 6) is -0.659. The second-order valence-corrected chi connectivity index (χ2v) is 7.49. The molecule has 10 heteroatoms. The molecule has 4 rings (SSSR count). The van der Waals surface area contributed by atoms with Gasteiger partial charge in [-0.25, -0.2) is 13.4 Å². The number of furan rings is 1. The Morgan fingerprint density at radius 2 is 1.96 bits per heavy atom. The van der Waals surface area contributed by atoms with E-state index in [1.807, 2.05) is 0 Å². The lowest BCUT2D eigenvalue weighted by atomic mass is 10.3. The van der Waals surface area contributed by atoms with Gasteiger partial charge in [-0.05, 0) is 30.3 Å². The van der Waals surface area contributed by atoms with E-state index in [1.165, 1.54) is 22.8 Å². The molecule has 0 saturated carbocycles. The van der Waals surface area contributed by atoms with Crippen LogP contribution in [0.2, 0.25) is 0 Å². The summed E-state index contributed by atoms with van der Waals surface area (Å²) in [6, 6.07) is 7.58. The van der Waals surface area contributed by atoms with Gasteiger partial charge in [0.25, 0.3) is 15.9 Å². The molecule has 1 N–H and O–H groups in total. The zero-order valence-electron chi connectivity index (χ0n) is 13.5. The number of hydrogen-bond acceptors (Lipinski definition) is 7. The van der Waals surface area contributed by atoms with Crippen LogP contribution in [0.4, 0.5) is 5.69 Å². The number of rotatable bonds is 4. The molecule has 0 radical (unpaired) electrons. The molecule has 0 unspecified atom stereocenters. The number of anilines is 1. The molecule has 1 saturated heterocycles. The van der Waals surface area contributed by atoms with Crippen molar-refractivity contribution in [3.63, 3.8) is 0 Å². The Labute approximate surface area is 148 Å². The minimum atomic E-state index is -3.78. The van der Waals surface area contributed by atoms with Crippen molar-refractivity contribution in [2.45, 2.75) is 5.09 Å². The topological polar surface area (TPSA) is 115 Å². The minimum Gasteiger partial charge on any atom is -0.443 e. The van der Waals surface area contributed by atoms with Crippen LogP contribution in [0.1, 0.15) is 10.6 Å². The number of benzene rings is 1. The Bertz CT molecular complexity index is 1050. The predicted molar refractivity (Wildman–Crippen MR) is 90.2 cm³/mol. The zero-order valence-corrected chi connectivity index (χ0v) is 14.4. The third-order valence-corrected chi connectivity index (χ3v) is 5.73. The highest BCUT2D eigenvalue weighted by atomic mass is 32.2. The van der Waals surface area contributed by atoms with E-state index in [2.05, 4.69) is 10.3 Å². The van der Waals surface area contributed by atoms with Crippen LogP contribution in [0, 0.1) is 0 Å². The second kappa shape index (κ2) is 6.56. The van der Waals surface area contributed by atoms with Crippen molar-refractivity contribution in [3.8, 4) is 0 Å². The lowest BCUT2D eigenvalue weighted by Gasteiger charge is -2.24. The Morgan fingerprint density at radius 1 is 1.15 bits per heavy atom. The maximum Gasteiger partial charge on any atom is 0.291 e. The Kier molecular flexibility index (Phi) is 4.23. The van der Waals surface area contributed by atoms with Crippen molar-refractivity contribution < 1.29 is 26.8 Å². The molecule has 0 bridgehead atoms. The molecule has 136 valence electrons. The normalized spacial score (nSPS) is 16.0. The van der Waals surface area contributed by atoms with Crippen LogP contribution in [0.5, 0.6) is 0 Å². The lowest BCUT2D eigenvalue weighted by molar-refractivity contribution is 0.0723. The third-order valence-electron chi connectivity index (χ3n) is 3.96. The van der Waals surface area contributed by atoms with Crippen molar-refractivity contribution in [3.05, 3.63) is 42.5 Å². The largest absolute Gasteiger partial charge is 0.443 e. The van der Waals surface area contributed by atoms with Crippen LogP contribution < -0.4 is 5.32 Å². The Hall–Kier alpha value is -2.69. The van der Waals surface area contributed by atoms with Crippen LogP contribution in [-0.4, -0.2) is 49.9 Å². The summed E-state index contributed by atoms with van der Waals surface area (Å²) < 4.78 is 41.9. The Morgan fingerprint density at radius 3 is 2.77 bits per heavy atom. The summed E-state index contributed by atoms with van der Waals surface area (Å²) in [4.78, 5) is 16.3. The maximum atomic E-state index is 12.5. The van der Waals surface area contributed by atoms with Gasteiger partial charge in [0.2, 0.25) is 5.09 Å². The average molecular weight is 377 g/mol. The van der Waals surface area contributed by atoms with E-state index in [4.69, 9.17) is 13.6 Å². The highest BCUT2D eigenvalue weighted by molar-refractivity contribution is 7.89. The number of aromatic nitrogens is 1. The van der Waals surface area contributed by atoms with E-state index in [0.717, 1.165) is 0 Å². The summed E-state index contributed by atoms with van der Waals surface area (Å²) in [7, 11) is -3.78. The van der Waals surface area contributed by atoms with Crippen molar-refractivity contribution in [2.75, 3.05) is 31.6 Å². The molecule has 9 nitrogen and oxygen atoms in total. The molecule has 0 aliphatic carbocycles. The number of sulfonamides is 1. The average Bonchev–Trinajstić information content (AvgIpc) is 3.32. The van der Waals surface area contributed by atoms with E-state index in [1.54, 1.807) is 18.2 Å². The van der Waals surface area contributed by atoms with Crippen LogP contribution in [0.15, 0.2) is 50.7 Å². The first kappa shape index (κ1) is 16.8. The standard InChI is InChI=1S/C16H15N3O6S/c20-16(18-11-1-2-13-12(9-11)17-10-24-13)14-3-4-15(25-14)26(21,22)19-5-7-23-8-6-19/h1-4,9-10H,5-8H2,(H,18,20). The number of nitrogens with one attached hydrogen (secondary N) is 1. The second-order valence-electron chi connectivity index (χ2n) is 5.62. The number of morpholine rings is 1. The van der Waals surface area contributed by atoms with E-state index in [-0.39, 0.29) is 23.9 Å². The molecule has 3 heterocycles. The molecule has 1 aromatic carbocycles. The summed E-state index contributed by atoms with van der Waals surface area (Å²) in [5, 5.41) is 2.37. The smallest absolute Gasteiger partial charge is 0.291 e. The summed E-state index contributed by atoms with van der Waals surface area (Å²) in [6.07, 6.45) is 1.31. The molecular weight excluding hydrogens is 362 g/mol. The summed E-state index contributed by atoms with van der Waals surface area (Å²) >= 11 is 0. The summed E-state index contributed by atoms with van der Waals surface area (Å²) in [5.41, 5.74) is 1.68. The maximum absolute atomic E-state index is 12.5. The number of carbonyl (C=O) groups excluding carboxylic acids is 1. The highest BCUT2D eigenvalue weighted by Gasteiger charge is 2.30. The van der Waals surface area contributed by atoms with Crippen molar-refractivity contribution in [2.24, 2.45) is 0 Å². The first-order valence-corrected chi connectivity index (χ1v) is 9.30. The highest BCUT2D eigenvalue weighted by Crippen LogP contribution is 2.22. The number of carbonyl (C=O) groups is 1. The molecule has 1 aliphatic heterocycles. The van der Waals surface area contributed by atoms with E-state index in [9.17, 15) is 13.2 Å². The quantitative estimate of drug-likeness (QED) is 0.736. The van der Waals surface area contributed by atoms with Gasteiger partial charge in [-0.15, -0.1) is 0 Å². The first-order chi connectivity index (χ1) is 12.5. The summed E-state index contributed by atoms with van der Waals surface area (Å²) in [6.45, 7) is 1.17. The fourth-order valence-electron chi connectivity index (χ4n) is 2.62. The molecule has 26 heavy (non-hydrogen) atoms. The molecule has 3 aromatic rings. The SMILES string of the molecule is O=C(Nc1ccc2ocnc2c1)c1ccc(S(=O)(=O)N2CCOCC2)o1. The van der Waals surface area contributed by atoms with E-state index < -0.39 is 15.9 Å². The van der Waals surface area contributed by atoms with Crippen LogP contribution >= 0.6 is 0 Å². The van der Waals surface area contributed by atoms with Gasteiger partial charge in [-0.3, -0.25) is 4.79 Å². The van der Waals surface area contributed by atoms with Gasteiger partial charge in [-0.2, -0.15) is 4.31 Å². The molecular formula is C16H15N3O6S. The number of nitrogens with zero attached hydrogens (tertiary/aromatic N) is 2. The molecule has 1 aliphatic rings. The molecule has 2 aromatic heterocycles. The van der Waals surface area contributed by atoms with Crippen LogP contribution in [0.3, 0.4) is 0 Å². The fraction of sp³-hybridized carbons (Fsp3) is 0.250. The van der Waals surface area contributed by atoms with E-state index in [0.29, 0.717) is 30.0 Å². The number of hydrogen-bond donors (Lipinski definition) is 1.